The molecule has 30 heavy (non-hydrogen) atoms. The van der Waals surface area contributed by atoms with Gasteiger partial charge >= 0.3 is 0 Å². The third-order valence-electron chi connectivity index (χ3n) is 5.24. The fourth-order valence-corrected chi connectivity index (χ4v) is 3.55. The Bertz CT molecular complexity index is 897. The van der Waals surface area contributed by atoms with Crippen LogP contribution in [0.4, 0.5) is 14.6 Å². The van der Waals surface area contributed by atoms with Crippen molar-refractivity contribution in [2.24, 2.45) is 0 Å². The second-order valence-electron chi connectivity index (χ2n) is 8.10. The molecule has 1 amide bonds. The maximum atomic E-state index is 13.9. The first-order valence-electron chi connectivity index (χ1n) is 10.3. The van der Waals surface area contributed by atoms with Gasteiger partial charge in [-0.2, -0.15) is 0 Å². The van der Waals surface area contributed by atoms with Gasteiger partial charge in [0.15, 0.2) is 0 Å². The van der Waals surface area contributed by atoms with Crippen molar-refractivity contribution in [1.82, 2.24) is 20.2 Å². The van der Waals surface area contributed by atoms with Crippen molar-refractivity contribution in [3.63, 3.8) is 0 Å². The van der Waals surface area contributed by atoms with E-state index in [4.69, 9.17) is 0 Å². The molecule has 1 unspecified atom stereocenters. The molecular formula is C22H29F2N5O. The minimum atomic E-state index is -0.655. The molecule has 8 heteroatoms. The van der Waals surface area contributed by atoms with Crippen molar-refractivity contribution in [3.8, 4) is 0 Å². The topological polar surface area (TPSA) is 61.4 Å². The molecule has 3 rings (SSSR count). The molecule has 1 aliphatic rings. The number of hydrogen-bond donors (Lipinski definition) is 1. The van der Waals surface area contributed by atoms with Gasteiger partial charge in [-0.3, -0.25) is 9.69 Å². The highest BCUT2D eigenvalue weighted by atomic mass is 19.1. The summed E-state index contributed by atoms with van der Waals surface area (Å²) in [5, 5.41) is 2.80. The second kappa shape index (κ2) is 9.47. The van der Waals surface area contributed by atoms with Crippen LogP contribution in [0, 0.1) is 18.6 Å². The zero-order chi connectivity index (χ0) is 21.8. The van der Waals surface area contributed by atoms with Gasteiger partial charge in [-0.1, -0.05) is 19.9 Å². The van der Waals surface area contributed by atoms with Crippen LogP contribution in [-0.4, -0.2) is 53.5 Å². The van der Waals surface area contributed by atoms with E-state index < -0.39 is 17.7 Å². The minimum Gasteiger partial charge on any atom is -0.354 e. The van der Waals surface area contributed by atoms with Crippen LogP contribution < -0.4 is 10.2 Å². The highest BCUT2D eigenvalue weighted by Gasteiger charge is 2.22. The lowest BCUT2D eigenvalue weighted by Gasteiger charge is -2.35. The predicted molar refractivity (Wildman–Crippen MR) is 112 cm³/mol. The smallest absolute Gasteiger partial charge is 0.234 e. The molecule has 0 radical (unpaired) electrons. The molecule has 1 aliphatic heterocycles. The summed E-state index contributed by atoms with van der Waals surface area (Å²) in [6, 6.07) is 4.85. The predicted octanol–water partition coefficient (Wildman–Crippen LogP) is 3.19. The van der Waals surface area contributed by atoms with Gasteiger partial charge in [-0.25, -0.2) is 18.7 Å². The van der Waals surface area contributed by atoms with E-state index in [1.807, 2.05) is 13.0 Å². The van der Waals surface area contributed by atoms with Crippen LogP contribution in [0.25, 0.3) is 0 Å². The molecule has 2 heterocycles. The Kier molecular flexibility index (Phi) is 6.97. The SMILES string of the molecule is Cc1cc(N2CCN(CC(=O)NC(C)c3ccc(F)cc3F)CC2)nc(C(C)C)n1. The normalized spacial score (nSPS) is 16.0. The van der Waals surface area contributed by atoms with Gasteiger partial charge in [0.25, 0.3) is 0 Å². The van der Waals surface area contributed by atoms with E-state index in [0.717, 1.165) is 49.6 Å². The van der Waals surface area contributed by atoms with Gasteiger partial charge in [0.2, 0.25) is 5.91 Å². The molecule has 1 aromatic heterocycles. The largest absolute Gasteiger partial charge is 0.354 e. The second-order valence-corrected chi connectivity index (χ2v) is 8.10. The first-order valence-corrected chi connectivity index (χ1v) is 10.3. The summed E-state index contributed by atoms with van der Waals surface area (Å²) >= 11 is 0. The summed E-state index contributed by atoms with van der Waals surface area (Å²) in [5.74, 6) is 0.565. The van der Waals surface area contributed by atoms with Crippen LogP contribution in [0.5, 0.6) is 0 Å². The number of hydrogen-bond acceptors (Lipinski definition) is 5. The zero-order valence-electron chi connectivity index (χ0n) is 18.0. The van der Waals surface area contributed by atoms with Crippen LogP contribution in [0.3, 0.4) is 0 Å². The zero-order valence-corrected chi connectivity index (χ0v) is 18.0. The van der Waals surface area contributed by atoms with E-state index in [1.165, 1.54) is 12.1 Å². The number of rotatable bonds is 6. The van der Waals surface area contributed by atoms with Crippen molar-refractivity contribution in [2.75, 3.05) is 37.6 Å². The van der Waals surface area contributed by atoms with Crippen molar-refractivity contribution < 1.29 is 13.6 Å². The molecule has 1 fully saturated rings. The number of nitrogens with zero attached hydrogens (tertiary/aromatic N) is 4. The maximum absolute atomic E-state index is 13.9. The van der Waals surface area contributed by atoms with Gasteiger partial charge in [0.1, 0.15) is 23.3 Å². The Morgan fingerprint density at radius 2 is 1.80 bits per heavy atom. The van der Waals surface area contributed by atoms with E-state index in [2.05, 4.69) is 38.9 Å². The van der Waals surface area contributed by atoms with Crippen molar-refractivity contribution in [1.29, 1.82) is 0 Å². The number of aromatic nitrogens is 2. The van der Waals surface area contributed by atoms with E-state index >= 15 is 0 Å². The first kappa shape index (κ1) is 22.1. The van der Waals surface area contributed by atoms with Crippen LogP contribution in [0.1, 0.15) is 49.8 Å². The first-order chi connectivity index (χ1) is 14.2. The molecule has 6 nitrogen and oxygen atoms in total. The van der Waals surface area contributed by atoms with Crippen LogP contribution in [0.15, 0.2) is 24.3 Å². The van der Waals surface area contributed by atoms with Crippen LogP contribution in [-0.2, 0) is 4.79 Å². The molecule has 0 aliphatic carbocycles. The number of nitrogens with one attached hydrogen (secondary N) is 1. The number of carbonyl (C=O) groups is 1. The van der Waals surface area contributed by atoms with Gasteiger partial charge in [-0.15, -0.1) is 0 Å². The molecule has 1 N–H and O–H groups in total. The Morgan fingerprint density at radius 3 is 2.43 bits per heavy atom. The van der Waals surface area contributed by atoms with E-state index in [9.17, 15) is 13.6 Å². The maximum Gasteiger partial charge on any atom is 0.234 e. The fraction of sp³-hybridized carbons (Fsp3) is 0.500. The Hall–Kier alpha value is -2.61. The summed E-state index contributed by atoms with van der Waals surface area (Å²) in [5.41, 5.74) is 1.22. The van der Waals surface area contributed by atoms with Crippen molar-refractivity contribution in [2.45, 2.75) is 39.7 Å². The molecule has 0 saturated carbocycles. The molecule has 2 aromatic rings. The van der Waals surface area contributed by atoms with Gasteiger partial charge in [0, 0.05) is 55.5 Å². The minimum absolute atomic E-state index is 0.181. The van der Waals surface area contributed by atoms with Crippen LogP contribution >= 0.6 is 0 Å². The molecular weight excluding hydrogens is 388 g/mol. The van der Waals surface area contributed by atoms with Gasteiger partial charge < -0.3 is 10.2 Å². The monoisotopic (exact) mass is 417 g/mol. The molecule has 162 valence electrons. The van der Waals surface area contributed by atoms with Crippen molar-refractivity contribution in [3.05, 3.63) is 53.0 Å². The highest BCUT2D eigenvalue weighted by Crippen LogP contribution is 2.19. The lowest BCUT2D eigenvalue weighted by molar-refractivity contribution is -0.123. The molecule has 0 spiro atoms. The van der Waals surface area contributed by atoms with E-state index in [0.29, 0.717) is 0 Å². The molecule has 1 aromatic carbocycles. The quantitative estimate of drug-likeness (QED) is 0.782. The number of piperazine rings is 1. The highest BCUT2D eigenvalue weighted by molar-refractivity contribution is 5.78. The lowest BCUT2D eigenvalue weighted by Crippen LogP contribution is -2.50. The lowest BCUT2D eigenvalue weighted by atomic mass is 10.1. The van der Waals surface area contributed by atoms with Crippen molar-refractivity contribution >= 4 is 11.7 Å². The summed E-state index contributed by atoms with van der Waals surface area (Å²) in [7, 11) is 0. The average molecular weight is 418 g/mol. The summed E-state index contributed by atoms with van der Waals surface area (Å²) < 4.78 is 27.0. The third kappa shape index (κ3) is 5.50. The number of carbonyl (C=O) groups excluding carboxylic acids is 1. The average Bonchev–Trinajstić information content (AvgIpc) is 2.67. The number of halogens is 2. The third-order valence-corrected chi connectivity index (χ3v) is 5.24. The summed E-state index contributed by atoms with van der Waals surface area (Å²) in [4.78, 5) is 25.9. The number of benzene rings is 1. The van der Waals surface area contributed by atoms with Gasteiger partial charge in [-0.05, 0) is 19.9 Å². The summed E-state index contributed by atoms with van der Waals surface area (Å²) in [6.45, 7) is 11.0. The number of aryl methyl sites for hydroxylation is 1. The number of amides is 1. The Morgan fingerprint density at radius 1 is 1.10 bits per heavy atom. The van der Waals surface area contributed by atoms with E-state index in [-0.39, 0.29) is 23.9 Å². The summed E-state index contributed by atoms with van der Waals surface area (Å²) in [6.07, 6.45) is 0. The molecule has 0 bridgehead atoms. The fourth-order valence-electron chi connectivity index (χ4n) is 3.55. The molecule has 1 atom stereocenters. The molecule has 1 saturated heterocycles. The van der Waals surface area contributed by atoms with Gasteiger partial charge in [0.05, 0.1) is 12.6 Å². The van der Waals surface area contributed by atoms with E-state index in [1.54, 1.807) is 6.92 Å². The standard InChI is InChI=1S/C22H29F2N5O/c1-14(2)22-25-15(3)11-20(27-22)29-9-7-28(8-10-29)13-21(30)26-16(4)18-6-5-17(23)12-19(18)24/h5-6,11-12,14,16H,7-10,13H2,1-4H3,(H,26,30). The Labute approximate surface area is 176 Å². The Balaban J connectivity index is 1.52. The van der Waals surface area contributed by atoms with Crippen LogP contribution in [0.2, 0.25) is 0 Å². The number of anilines is 1.